The Kier molecular flexibility index (Phi) is 16.7. The van der Waals surface area contributed by atoms with Crippen molar-refractivity contribution in [2.45, 2.75) is 113 Å². The normalized spacial score (nSPS) is 13.3. The molecule has 0 unspecified atom stereocenters. The molecular weight excluding hydrogens is 376 g/mol. The number of carbonyl (C=O) groups is 1. The lowest BCUT2D eigenvalue weighted by molar-refractivity contribution is -0.113. The highest BCUT2D eigenvalue weighted by Gasteiger charge is 1.99. The summed E-state index contributed by atoms with van der Waals surface area (Å²) in [6, 6.07) is 0. The summed E-state index contributed by atoms with van der Waals surface area (Å²) in [6.07, 6.45) is 22.3. The van der Waals surface area contributed by atoms with E-state index >= 15 is 0 Å². The molecule has 0 saturated carbocycles. The molecule has 0 fully saturated rings. The number of carbonyl (C=O) groups excluding carboxylic acids is 1. The number of allylic oxidation sites excluding steroid dienone is 12. The van der Waals surface area contributed by atoms with E-state index in [1.54, 1.807) is 0 Å². The number of hydrogen-bond acceptors (Lipinski definition) is 1. The molecule has 0 aromatic rings. The summed E-state index contributed by atoms with van der Waals surface area (Å²) < 4.78 is 0. The lowest BCUT2D eigenvalue weighted by Crippen LogP contribution is -1.93. The van der Waals surface area contributed by atoms with Crippen LogP contribution in [0, 0.1) is 0 Å². The van der Waals surface area contributed by atoms with Crippen LogP contribution >= 0.6 is 0 Å². The summed E-state index contributed by atoms with van der Waals surface area (Å²) in [6.45, 7) is 17.2. The van der Waals surface area contributed by atoms with Crippen molar-refractivity contribution in [1.82, 2.24) is 0 Å². The van der Waals surface area contributed by atoms with Gasteiger partial charge in [0.1, 0.15) is 0 Å². The fourth-order valence-electron chi connectivity index (χ4n) is 3.26. The van der Waals surface area contributed by atoms with Crippen molar-refractivity contribution < 1.29 is 4.79 Å². The highest BCUT2D eigenvalue weighted by molar-refractivity contribution is 5.91. The van der Waals surface area contributed by atoms with Gasteiger partial charge in [0.25, 0.3) is 0 Å². The second kappa shape index (κ2) is 17.8. The highest BCUT2D eigenvalue weighted by Crippen LogP contribution is 2.14. The molecule has 0 aliphatic rings. The van der Waals surface area contributed by atoms with Gasteiger partial charge in [-0.25, -0.2) is 0 Å². The Morgan fingerprint density at radius 2 is 0.839 bits per heavy atom. The van der Waals surface area contributed by atoms with Gasteiger partial charge < -0.3 is 0 Å². The second-order valence-electron chi connectivity index (χ2n) is 9.53. The third-order valence-corrected chi connectivity index (χ3v) is 5.30. The van der Waals surface area contributed by atoms with E-state index in [1.165, 1.54) is 33.4 Å². The molecule has 0 amide bonds. The van der Waals surface area contributed by atoms with Crippen LogP contribution in [-0.2, 0) is 4.79 Å². The molecule has 1 heteroatoms. The molecule has 1 nitrogen and oxygen atoms in total. The maximum Gasteiger partial charge on any atom is 0.159 e. The summed E-state index contributed by atoms with van der Waals surface area (Å²) in [5, 5.41) is 0. The Balaban J connectivity index is 4.27. The third kappa shape index (κ3) is 19.8. The smallest absolute Gasteiger partial charge is 0.159 e. The first-order chi connectivity index (χ1) is 14.6. The maximum atomic E-state index is 12.3. The van der Waals surface area contributed by atoms with Gasteiger partial charge in [-0.3, -0.25) is 4.79 Å². The van der Waals surface area contributed by atoms with E-state index in [0.717, 1.165) is 51.4 Å². The standard InChI is InChI=1S/C30H48O/c1-24(2)13-9-15-26(5)17-11-19-28(7)21-22-30(31)23-29(8)20-12-18-27(6)16-10-14-25(3)4/h13-14,17-18,21,23H,9-12,15-16,19-20,22H2,1-8H3/b26-17+,27-18+,28-21+,29-23+. The molecule has 0 aliphatic heterocycles. The minimum atomic E-state index is 0.217. The Morgan fingerprint density at radius 1 is 0.484 bits per heavy atom. The summed E-state index contributed by atoms with van der Waals surface area (Å²) >= 11 is 0. The summed E-state index contributed by atoms with van der Waals surface area (Å²) in [7, 11) is 0. The molecule has 0 N–H and O–H groups in total. The van der Waals surface area contributed by atoms with Crippen molar-refractivity contribution in [3.8, 4) is 0 Å². The topological polar surface area (TPSA) is 17.1 Å². The Labute approximate surface area is 193 Å². The van der Waals surface area contributed by atoms with E-state index in [-0.39, 0.29) is 5.78 Å². The maximum absolute atomic E-state index is 12.3. The van der Waals surface area contributed by atoms with Crippen LogP contribution in [0.15, 0.2) is 69.9 Å². The molecule has 0 aromatic carbocycles. The first-order valence-corrected chi connectivity index (χ1v) is 12.0. The van der Waals surface area contributed by atoms with Crippen LogP contribution in [0.3, 0.4) is 0 Å². The van der Waals surface area contributed by atoms with Crippen molar-refractivity contribution in [3.63, 3.8) is 0 Å². The number of rotatable bonds is 15. The molecular formula is C30H48O. The Morgan fingerprint density at radius 3 is 1.26 bits per heavy atom. The van der Waals surface area contributed by atoms with Gasteiger partial charge in [0.05, 0.1) is 0 Å². The largest absolute Gasteiger partial charge is 0.295 e. The van der Waals surface area contributed by atoms with Crippen LogP contribution in [-0.4, -0.2) is 5.78 Å². The quantitative estimate of drug-likeness (QED) is 0.189. The van der Waals surface area contributed by atoms with E-state index in [1.807, 2.05) is 6.08 Å². The predicted molar refractivity (Wildman–Crippen MR) is 140 cm³/mol. The van der Waals surface area contributed by atoms with Gasteiger partial charge in [-0.05, 0) is 113 Å². The van der Waals surface area contributed by atoms with E-state index in [4.69, 9.17) is 0 Å². The lowest BCUT2D eigenvalue weighted by atomic mass is 10.0. The first kappa shape index (κ1) is 29.1. The van der Waals surface area contributed by atoms with Gasteiger partial charge in [-0.15, -0.1) is 0 Å². The van der Waals surface area contributed by atoms with Gasteiger partial charge in [0, 0.05) is 6.42 Å². The summed E-state index contributed by atoms with van der Waals surface area (Å²) in [4.78, 5) is 12.3. The summed E-state index contributed by atoms with van der Waals surface area (Å²) in [5.41, 5.74) is 8.16. The number of ketones is 1. The van der Waals surface area contributed by atoms with Crippen molar-refractivity contribution >= 4 is 5.78 Å². The number of hydrogen-bond donors (Lipinski definition) is 0. The average Bonchev–Trinajstić information content (AvgIpc) is 2.65. The molecule has 174 valence electrons. The van der Waals surface area contributed by atoms with Crippen LogP contribution < -0.4 is 0 Å². The highest BCUT2D eigenvalue weighted by atomic mass is 16.1. The predicted octanol–water partition coefficient (Wildman–Crippen LogP) is 9.78. The zero-order valence-corrected chi connectivity index (χ0v) is 21.7. The molecule has 0 bridgehead atoms. The first-order valence-electron chi connectivity index (χ1n) is 12.0. The zero-order valence-electron chi connectivity index (χ0n) is 21.7. The minimum absolute atomic E-state index is 0.217. The van der Waals surface area contributed by atoms with Crippen LogP contribution in [0.4, 0.5) is 0 Å². The van der Waals surface area contributed by atoms with Crippen LogP contribution in [0.5, 0.6) is 0 Å². The second-order valence-corrected chi connectivity index (χ2v) is 9.53. The molecule has 0 rings (SSSR count). The molecule has 0 aromatic heterocycles. The lowest BCUT2D eigenvalue weighted by Gasteiger charge is -2.02. The fraction of sp³-hybridized carbons (Fsp3) is 0.567. The van der Waals surface area contributed by atoms with Gasteiger partial charge >= 0.3 is 0 Å². The van der Waals surface area contributed by atoms with Gasteiger partial charge in [-0.1, -0.05) is 63.8 Å². The molecule has 0 radical (unpaired) electrons. The fourth-order valence-corrected chi connectivity index (χ4v) is 3.26. The van der Waals surface area contributed by atoms with Crippen molar-refractivity contribution in [3.05, 3.63) is 69.9 Å². The molecule has 0 atom stereocenters. The Bertz CT molecular complexity index is 712. The third-order valence-electron chi connectivity index (χ3n) is 5.30. The minimum Gasteiger partial charge on any atom is -0.295 e. The van der Waals surface area contributed by atoms with Gasteiger partial charge in [0.15, 0.2) is 5.78 Å². The van der Waals surface area contributed by atoms with Crippen LogP contribution in [0.2, 0.25) is 0 Å². The molecule has 0 saturated heterocycles. The molecule has 0 heterocycles. The van der Waals surface area contributed by atoms with E-state index in [2.05, 4.69) is 85.8 Å². The summed E-state index contributed by atoms with van der Waals surface area (Å²) in [5.74, 6) is 0.217. The average molecular weight is 425 g/mol. The van der Waals surface area contributed by atoms with Crippen LogP contribution in [0.1, 0.15) is 113 Å². The molecule has 0 aliphatic carbocycles. The van der Waals surface area contributed by atoms with Gasteiger partial charge in [0.2, 0.25) is 0 Å². The van der Waals surface area contributed by atoms with E-state index < -0.39 is 0 Å². The van der Waals surface area contributed by atoms with Crippen LogP contribution in [0.25, 0.3) is 0 Å². The van der Waals surface area contributed by atoms with Crippen molar-refractivity contribution in [1.29, 1.82) is 0 Å². The monoisotopic (exact) mass is 424 g/mol. The van der Waals surface area contributed by atoms with Gasteiger partial charge in [-0.2, -0.15) is 0 Å². The molecule has 0 spiro atoms. The molecule has 31 heavy (non-hydrogen) atoms. The van der Waals surface area contributed by atoms with Crippen molar-refractivity contribution in [2.75, 3.05) is 0 Å². The Hall–Kier alpha value is -1.89. The van der Waals surface area contributed by atoms with Crippen molar-refractivity contribution in [2.24, 2.45) is 0 Å². The van der Waals surface area contributed by atoms with E-state index in [0.29, 0.717) is 6.42 Å². The SMILES string of the molecule is CC(C)=CCC/C(C)=C/CC/C(C)=C/CC(=O)/C=C(\C)CC/C=C(\C)CCC=C(C)C. The zero-order chi connectivity index (χ0) is 23.6. The van der Waals surface area contributed by atoms with E-state index in [9.17, 15) is 4.79 Å².